The Balaban J connectivity index is 1.61. The van der Waals surface area contributed by atoms with Crippen LogP contribution in [0.25, 0.3) is 0 Å². The van der Waals surface area contributed by atoms with Crippen molar-refractivity contribution in [2.45, 2.75) is 38.5 Å². The highest BCUT2D eigenvalue weighted by Crippen LogP contribution is 2.42. The van der Waals surface area contributed by atoms with Crippen molar-refractivity contribution in [3.05, 3.63) is 77.4 Å². The summed E-state index contributed by atoms with van der Waals surface area (Å²) >= 11 is 0. The Morgan fingerprint density at radius 2 is 1.81 bits per heavy atom. The fourth-order valence-corrected chi connectivity index (χ4v) is 4.62. The number of aliphatic hydroxyl groups excluding tert-OH is 1. The summed E-state index contributed by atoms with van der Waals surface area (Å²) in [5.41, 5.74) is 1.92. The zero-order valence-corrected chi connectivity index (χ0v) is 21.3. The first-order valence-corrected chi connectivity index (χ1v) is 13.4. The molecule has 0 amide bonds. The molecule has 194 valence electrons. The average Bonchev–Trinajstić information content (AvgIpc) is 2.87. The third-order valence-corrected chi connectivity index (χ3v) is 6.85. The number of aliphatic hydroxyl groups is 1. The zero-order chi connectivity index (χ0) is 25.9. The lowest BCUT2D eigenvalue weighted by atomic mass is 10.1. The van der Waals surface area contributed by atoms with Crippen LogP contribution in [0.4, 0.5) is 5.69 Å². The molecule has 2 atom stereocenters. The van der Waals surface area contributed by atoms with E-state index < -0.39 is 13.7 Å². The smallest absolute Gasteiger partial charge is 0.199 e. The van der Waals surface area contributed by atoms with Gasteiger partial charge in [0.1, 0.15) is 29.6 Å². The lowest BCUT2D eigenvalue weighted by Gasteiger charge is -2.20. The second-order valence-corrected chi connectivity index (χ2v) is 9.74. The van der Waals surface area contributed by atoms with Crippen LogP contribution in [0.3, 0.4) is 0 Å². The van der Waals surface area contributed by atoms with E-state index in [0.717, 1.165) is 24.1 Å². The van der Waals surface area contributed by atoms with Crippen LogP contribution in [0.15, 0.2) is 60.7 Å². The third-order valence-electron chi connectivity index (χ3n) is 5.78. The molecule has 8 nitrogen and oxygen atoms in total. The van der Waals surface area contributed by atoms with E-state index in [2.05, 4.69) is 12.2 Å². The first kappa shape index (κ1) is 27.4. The van der Waals surface area contributed by atoms with Gasteiger partial charge in [0.05, 0.1) is 18.9 Å². The minimum atomic E-state index is -2.99. The summed E-state index contributed by atoms with van der Waals surface area (Å²) in [6.45, 7) is 2.89. The Morgan fingerprint density at radius 1 is 1.00 bits per heavy atom. The topological polar surface area (TPSA) is 128 Å². The monoisotopic (exact) mass is 515 g/mol. The predicted molar refractivity (Wildman–Crippen MR) is 141 cm³/mol. The van der Waals surface area contributed by atoms with Crippen LogP contribution in [0.5, 0.6) is 23.0 Å². The quantitative estimate of drug-likeness (QED) is 0.150. The normalized spacial score (nSPS) is 12.6. The number of rotatable bonds is 14. The van der Waals surface area contributed by atoms with Crippen LogP contribution in [0.1, 0.15) is 42.1 Å². The van der Waals surface area contributed by atoms with E-state index >= 15 is 0 Å². The standard InChI is InChI=1S/C27H34NO7P/c1-2-7-21-23(28-14-6-15-34-20-12-13-24(30)19(16-20)17-29)9-5-11-26(21)35-18-27(36(32)33)22-8-3-4-10-25(22)31/h3-5,8-13,16,27-31,36H,2,6-7,14-15,17-18H2,1H3,(H,32,33). The molecule has 0 aromatic heterocycles. The van der Waals surface area contributed by atoms with Gasteiger partial charge in [-0.15, -0.1) is 0 Å². The van der Waals surface area contributed by atoms with Crippen molar-refractivity contribution >= 4 is 13.7 Å². The fraction of sp³-hybridized carbons (Fsp3) is 0.333. The third kappa shape index (κ3) is 7.40. The van der Waals surface area contributed by atoms with E-state index in [0.29, 0.717) is 42.2 Å². The highest BCUT2D eigenvalue weighted by atomic mass is 31.1. The molecule has 0 bridgehead atoms. The molecule has 3 aromatic carbocycles. The molecule has 3 rings (SSSR count). The Bertz CT molecular complexity index is 1150. The van der Waals surface area contributed by atoms with E-state index in [4.69, 9.17) is 9.47 Å². The van der Waals surface area contributed by atoms with Crippen molar-refractivity contribution in [1.29, 1.82) is 0 Å². The van der Waals surface area contributed by atoms with Gasteiger partial charge in [-0.2, -0.15) is 0 Å². The number of hydrogen-bond donors (Lipinski definition) is 5. The second kappa shape index (κ2) is 13.8. The van der Waals surface area contributed by atoms with Gasteiger partial charge >= 0.3 is 0 Å². The summed E-state index contributed by atoms with van der Waals surface area (Å²) in [6.07, 6.45) is 2.38. The maximum atomic E-state index is 12.1. The van der Waals surface area contributed by atoms with Gasteiger partial charge in [0.2, 0.25) is 0 Å². The molecule has 0 heterocycles. The summed E-state index contributed by atoms with van der Waals surface area (Å²) in [4.78, 5) is 9.89. The number of aromatic hydroxyl groups is 2. The van der Waals surface area contributed by atoms with Crippen LogP contribution < -0.4 is 14.8 Å². The largest absolute Gasteiger partial charge is 0.508 e. The Morgan fingerprint density at radius 3 is 2.53 bits per heavy atom. The molecule has 5 N–H and O–H groups in total. The molecule has 0 aliphatic carbocycles. The number of hydrogen-bond acceptors (Lipinski definition) is 7. The molecular formula is C27H34NO7P. The zero-order valence-electron chi connectivity index (χ0n) is 20.3. The molecule has 0 saturated carbocycles. The van der Waals surface area contributed by atoms with Gasteiger partial charge in [-0.3, -0.25) is 4.57 Å². The van der Waals surface area contributed by atoms with Gasteiger partial charge in [0.15, 0.2) is 8.03 Å². The van der Waals surface area contributed by atoms with E-state index in [1.807, 2.05) is 18.2 Å². The highest BCUT2D eigenvalue weighted by Gasteiger charge is 2.22. The summed E-state index contributed by atoms with van der Waals surface area (Å²) < 4.78 is 23.8. The summed E-state index contributed by atoms with van der Waals surface area (Å²) in [7, 11) is -2.99. The highest BCUT2D eigenvalue weighted by molar-refractivity contribution is 7.38. The van der Waals surface area contributed by atoms with Crippen LogP contribution in [0, 0.1) is 0 Å². The number of ether oxygens (including phenoxy) is 2. The first-order chi connectivity index (χ1) is 17.4. The molecule has 0 saturated heterocycles. The van der Waals surface area contributed by atoms with Crippen molar-refractivity contribution in [3.8, 4) is 23.0 Å². The molecule has 0 radical (unpaired) electrons. The molecule has 0 aliphatic heterocycles. The molecule has 36 heavy (non-hydrogen) atoms. The molecule has 3 aromatic rings. The van der Waals surface area contributed by atoms with E-state index in [-0.39, 0.29) is 24.7 Å². The summed E-state index contributed by atoms with van der Waals surface area (Å²) in [6, 6.07) is 17.0. The van der Waals surface area contributed by atoms with E-state index in [1.165, 1.54) is 12.1 Å². The van der Waals surface area contributed by atoms with Gasteiger partial charge < -0.3 is 35.0 Å². The molecule has 0 fully saturated rings. The lowest BCUT2D eigenvalue weighted by Crippen LogP contribution is -2.12. The number of benzene rings is 3. The fourth-order valence-electron chi connectivity index (χ4n) is 3.89. The van der Waals surface area contributed by atoms with Gasteiger partial charge in [-0.1, -0.05) is 37.6 Å². The first-order valence-electron chi connectivity index (χ1n) is 12.0. The van der Waals surface area contributed by atoms with Crippen LogP contribution in [-0.4, -0.2) is 40.0 Å². The minimum Gasteiger partial charge on any atom is -0.508 e. The molecule has 0 spiro atoms. The van der Waals surface area contributed by atoms with E-state index in [1.54, 1.807) is 30.3 Å². The van der Waals surface area contributed by atoms with Crippen molar-refractivity contribution in [1.82, 2.24) is 0 Å². The lowest BCUT2D eigenvalue weighted by molar-refractivity contribution is 0.272. The van der Waals surface area contributed by atoms with Gasteiger partial charge in [0.25, 0.3) is 0 Å². The molecular weight excluding hydrogens is 481 g/mol. The Labute approximate surface area is 212 Å². The van der Waals surface area contributed by atoms with Gasteiger partial charge in [-0.05, 0) is 49.2 Å². The number of anilines is 1. The van der Waals surface area contributed by atoms with Crippen LogP contribution >= 0.6 is 8.03 Å². The van der Waals surface area contributed by atoms with Crippen LogP contribution in [0.2, 0.25) is 0 Å². The van der Waals surface area contributed by atoms with E-state index in [9.17, 15) is 24.8 Å². The number of nitrogens with one attached hydrogen (secondary N) is 1. The number of para-hydroxylation sites is 1. The molecule has 0 aliphatic rings. The number of phenolic OH excluding ortho intramolecular Hbond substituents is 1. The summed E-state index contributed by atoms with van der Waals surface area (Å²) in [5.74, 6) is 1.24. The maximum absolute atomic E-state index is 12.1. The SMILES string of the molecule is CCCc1c(NCCCOc2ccc(O)c(CO)c2)cccc1OCC(c1ccccc1O)[PH](=O)O. The van der Waals surface area contributed by atoms with Crippen molar-refractivity contribution in [2.24, 2.45) is 0 Å². The van der Waals surface area contributed by atoms with Gasteiger partial charge in [0, 0.05) is 28.9 Å². The Kier molecular flexibility index (Phi) is 10.5. The number of phenols is 2. The molecule has 2 unspecified atom stereocenters. The van der Waals surface area contributed by atoms with Gasteiger partial charge in [-0.25, -0.2) is 0 Å². The minimum absolute atomic E-state index is 0.0233. The van der Waals surface area contributed by atoms with Crippen LogP contribution in [-0.2, 0) is 17.6 Å². The van der Waals surface area contributed by atoms with Crippen molar-refractivity contribution in [2.75, 3.05) is 25.1 Å². The average molecular weight is 516 g/mol. The Hall–Kier alpha value is -3.19. The van der Waals surface area contributed by atoms with Crippen molar-refractivity contribution in [3.63, 3.8) is 0 Å². The maximum Gasteiger partial charge on any atom is 0.199 e. The molecule has 9 heteroatoms. The predicted octanol–water partition coefficient (Wildman–Crippen LogP) is 5.01. The van der Waals surface area contributed by atoms with Crippen molar-refractivity contribution < 1.29 is 34.3 Å². The second-order valence-electron chi connectivity index (χ2n) is 8.37. The summed E-state index contributed by atoms with van der Waals surface area (Å²) in [5, 5.41) is 32.5.